The van der Waals surface area contributed by atoms with E-state index in [0.717, 1.165) is 42.5 Å². The van der Waals surface area contributed by atoms with Crippen LogP contribution in [0.2, 0.25) is 0 Å². The van der Waals surface area contributed by atoms with Gasteiger partial charge in [0.05, 0.1) is 5.54 Å². The van der Waals surface area contributed by atoms with E-state index in [9.17, 15) is 4.39 Å². The molecule has 1 aliphatic rings. The Labute approximate surface area is 129 Å². The number of rotatable bonds is 2. The number of hydrogen-bond acceptors (Lipinski definition) is 1. The second-order valence-electron chi connectivity index (χ2n) is 6.34. The number of halogens is 1. The lowest BCUT2D eigenvalue weighted by atomic mass is 9.77. The van der Waals surface area contributed by atoms with Crippen LogP contribution >= 0.6 is 0 Å². The molecule has 3 heteroatoms. The Balaban J connectivity index is 1.78. The Morgan fingerprint density at radius 1 is 1.09 bits per heavy atom. The number of benzene rings is 2. The molecule has 0 aliphatic heterocycles. The Kier molecular flexibility index (Phi) is 3.05. The van der Waals surface area contributed by atoms with Crippen molar-refractivity contribution < 1.29 is 4.39 Å². The molecule has 3 aromatic rings. The third kappa shape index (κ3) is 2.13. The lowest BCUT2D eigenvalue weighted by Gasteiger charge is -2.34. The summed E-state index contributed by atoms with van der Waals surface area (Å²) in [5, 5.41) is 1.28. The maximum Gasteiger partial charge on any atom is 0.123 e. The van der Waals surface area contributed by atoms with Crippen LogP contribution in [0.5, 0.6) is 0 Å². The third-order valence-corrected chi connectivity index (χ3v) is 4.79. The maximum atomic E-state index is 13.1. The molecule has 1 atom stereocenters. The van der Waals surface area contributed by atoms with Gasteiger partial charge in [0.25, 0.3) is 0 Å². The minimum absolute atomic E-state index is 0.204. The average Bonchev–Trinajstić information content (AvgIpc) is 2.91. The molecule has 112 valence electrons. The van der Waals surface area contributed by atoms with Gasteiger partial charge >= 0.3 is 0 Å². The number of aromatic nitrogens is 1. The van der Waals surface area contributed by atoms with Crippen molar-refractivity contribution in [2.24, 2.45) is 5.73 Å². The van der Waals surface area contributed by atoms with E-state index >= 15 is 0 Å². The number of aromatic amines is 1. The molecule has 2 nitrogen and oxygen atoms in total. The molecule has 2 aromatic carbocycles. The Morgan fingerprint density at radius 3 is 2.68 bits per heavy atom. The molecular weight excluding hydrogens is 275 g/mol. The first-order valence-electron chi connectivity index (χ1n) is 7.79. The predicted molar refractivity (Wildman–Crippen MR) is 87.2 cm³/mol. The van der Waals surface area contributed by atoms with Gasteiger partial charge in [-0.05, 0) is 55.0 Å². The first kappa shape index (κ1) is 13.5. The maximum absolute atomic E-state index is 13.1. The van der Waals surface area contributed by atoms with Crippen molar-refractivity contribution in [2.45, 2.75) is 31.2 Å². The largest absolute Gasteiger partial charge is 0.357 e. The van der Waals surface area contributed by atoms with Gasteiger partial charge in [-0.25, -0.2) is 4.39 Å². The lowest BCUT2D eigenvalue weighted by molar-refractivity contribution is 0.362. The number of fused-ring (bicyclic) bond motifs is 3. The van der Waals surface area contributed by atoms with Crippen LogP contribution < -0.4 is 5.73 Å². The highest BCUT2D eigenvalue weighted by Crippen LogP contribution is 2.39. The first-order valence-corrected chi connectivity index (χ1v) is 7.79. The summed E-state index contributed by atoms with van der Waals surface area (Å²) in [5.74, 6) is -0.204. The molecule has 0 saturated heterocycles. The fourth-order valence-electron chi connectivity index (χ4n) is 3.73. The SMILES string of the molecule is NC1(Cc2ccc(F)cc2)CCCc2c1[nH]c1ccccc21. The first-order chi connectivity index (χ1) is 10.7. The summed E-state index contributed by atoms with van der Waals surface area (Å²) >= 11 is 0. The average molecular weight is 294 g/mol. The summed E-state index contributed by atoms with van der Waals surface area (Å²) in [6.45, 7) is 0. The molecule has 1 unspecified atom stereocenters. The predicted octanol–water partition coefficient (Wildman–Crippen LogP) is 4.04. The molecule has 1 heterocycles. The van der Waals surface area contributed by atoms with Gasteiger partial charge in [0.2, 0.25) is 0 Å². The highest BCUT2D eigenvalue weighted by atomic mass is 19.1. The third-order valence-electron chi connectivity index (χ3n) is 4.79. The van der Waals surface area contributed by atoms with Crippen molar-refractivity contribution >= 4 is 10.9 Å². The fourth-order valence-corrected chi connectivity index (χ4v) is 3.73. The quantitative estimate of drug-likeness (QED) is 0.736. The highest BCUT2D eigenvalue weighted by Gasteiger charge is 2.35. The standard InChI is InChI=1S/C19H19FN2/c20-14-9-7-13(8-10-14)12-19(21)11-3-5-16-15-4-1-2-6-17(15)22-18(16)19/h1-2,4,6-10,22H,3,5,11-12,21H2. The van der Waals surface area contributed by atoms with Crippen molar-refractivity contribution in [3.63, 3.8) is 0 Å². The summed E-state index contributed by atoms with van der Waals surface area (Å²) in [4.78, 5) is 3.54. The van der Waals surface area contributed by atoms with Crippen LogP contribution in [0.4, 0.5) is 4.39 Å². The lowest BCUT2D eigenvalue weighted by Crippen LogP contribution is -2.42. The minimum atomic E-state index is -0.398. The van der Waals surface area contributed by atoms with Gasteiger partial charge in [-0.3, -0.25) is 0 Å². The molecule has 0 saturated carbocycles. The van der Waals surface area contributed by atoms with E-state index in [-0.39, 0.29) is 5.82 Å². The van der Waals surface area contributed by atoms with E-state index in [2.05, 4.69) is 23.2 Å². The molecule has 22 heavy (non-hydrogen) atoms. The molecule has 1 aromatic heterocycles. The van der Waals surface area contributed by atoms with Crippen molar-refractivity contribution in [1.82, 2.24) is 4.98 Å². The monoisotopic (exact) mass is 294 g/mol. The molecule has 0 fully saturated rings. The van der Waals surface area contributed by atoms with E-state index in [4.69, 9.17) is 5.73 Å². The zero-order chi connectivity index (χ0) is 15.2. The topological polar surface area (TPSA) is 41.8 Å². The number of para-hydroxylation sites is 1. The number of hydrogen-bond donors (Lipinski definition) is 2. The number of nitrogens with one attached hydrogen (secondary N) is 1. The van der Waals surface area contributed by atoms with Gasteiger partial charge in [0.15, 0.2) is 0 Å². The van der Waals surface area contributed by atoms with Crippen molar-refractivity contribution in [1.29, 1.82) is 0 Å². The van der Waals surface area contributed by atoms with E-state index in [1.54, 1.807) is 0 Å². The van der Waals surface area contributed by atoms with Gasteiger partial charge in [0.1, 0.15) is 5.82 Å². The van der Waals surface area contributed by atoms with Crippen molar-refractivity contribution in [3.8, 4) is 0 Å². The van der Waals surface area contributed by atoms with Crippen molar-refractivity contribution in [3.05, 3.63) is 71.2 Å². The van der Waals surface area contributed by atoms with Gasteiger partial charge in [0, 0.05) is 16.6 Å². The minimum Gasteiger partial charge on any atom is -0.357 e. The number of aryl methyl sites for hydroxylation is 1. The molecule has 0 bridgehead atoms. The summed E-state index contributed by atoms with van der Waals surface area (Å²) in [7, 11) is 0. The zero-order valence-electron chi connectivity index (χ0n) is 12.4. The second kappa shape index (κ2) is 4.96. The Morgan fingerprint density at radius 2 is 1.86 bits per heavy atom. The summed E-state index contributed by atoms with van der Waals surface area (Å²) < 4.78 is 13.1. The van der Waals surface area contributed by atoms with Crippen LogP contribution in [0.3, 0.4) is 0 Å². The fraction of sp³-hybridized carbons (Fsp3) is 0.263. The number of nitrogens with two attached hydrogens (primary N) is 1. The summed E-state index contributed by atoms with van der Waals surface area (Å²) in [5.41, 5.74) is 11.1. The molecule has 0 radical (unpaired) electrons. The Bertz CT molecular complexity index is 819. The van der Waals surface area contributed by atoms with Crippen LogP contribution in [0.15, 0.2) is 48.5 Å². The van der Waals surface area contributed by atoms with Crippen LogP contribution in [0.1, 0.15) is 29.7 Å². The number of H-pyrrole nitrogens is 1. The summed E-state index contributed by atoms with van der Waals surface area (Å²) in [6.07, 6.45) is 3.84. The van der Waals surface area contributed by atoms with E-state index in [1.807, 2.05) is 18.2 Å². The van der Waals surface area contributed by atoms with Gasteiger partial charge in [-0.2, -0.15) is 0 Å². The van der Waals surface area contributed by atoms with Crippen LogP contribution in [-0.4, -0.2) is 4.98 Å². The van der Waals surface area contributed by atoms with Crippen LogP contribution in [0, 0.1) is 5.82 Å². The van der Waals surface area contributed by atoms with E-state index < -0.39 is 5.54 Å². The molecule has 4 rings (SSSR count). The van der Waals surface area contributed by atoms with Crippen LogP contribution in [-0.2, 0) is 18.4 Å². The highest BCUT2D eigenvalue weighted by molar-refractivity contribution is 5.85. The second-order valence-corrected chi connectivity index (χ2v) is 6.34. The van der Waals surface area contributed by atoms with Gasteiger partial charge < -0.3 is 10.7 Å². The van der Waals surface area contributed by atoms with Gasteiger partial charge in [-0.1, -0.05) is 30.3 Å². The van der Waals surface area contributed by atoms with E-state index in [1.165, 1.54) is 23.1 Å². The molecule has 3 N–H and O–H groups in total. The van der Waals surface area contributed by atoms with Gasteiger partial charge in [-0.15, -0.1) is 0 Å². The molecule has 0 amide bonds. The molecule has 1 aliphatic carbocycles. The van der Waals surface area contributed by atoms with E-state index in [0.29, 0.717) is 0 Å². The molecule has 0 spiro atoms. The smallest absolute Gasteiger partial charge is 0.123 e. The van der Waals surface area contributed by atoms with Crippen LogP contribution in [0.25, 0.3) is 10.9 Å². The molecular formula is C19H19FN2. The summed E-state index contributed by atoms with van der Waals surface area (Å²) in [6, 6.07) is 15.1. The van der Waals surface area contributed by atoms with Crippen molar-refractivity contribution in [2.75, 3.05) is 0 Å². The normalized spacial score (nSPS) is 21.0. The Hall–Kier alpha value is -2.13. The zero-order valence-corrected chi connectivity index (χ0v) is 12.4.